The third-order valence-corrected chi connectivity index (χ3v) is 4.85. The number of hydrogen-bond acceptors (Lipinski definition) is 3. The standard InChI is InChI=1S/C18H22O2S/c1-13(5-7-14(2)19)6-8-15-12-16(20)9-10-17(15)18-4-3-11-21-18/h3-4,11H,1,5-10,12H2,2H3. The molecule has 0 N–H and O–H groups in total. The van der Waals surface area contributed by atoms with E-state index in [4.69, 9.17) is 0 Å². The van der Waals surface area contributed by atoms with Crippen LogP contribution in [0.5, 0.6) is 0 Å². The van der Waals surface area contributed by atoms with Crippen molar-refractivity contribution in [2.45, 2.75) is 51.9 Å². The molecule has 0 amide bonds. The van der Waals surface area contributed by atoms with Crippen LogP contribution in [-0.2, 0) is 9.59 Å². The molecule has 0 bridgehead atoms. The summed E-state index contributed by atoms with van der Waals surface area (Å²) in [6.45, 7) is 5.68. The summed E-state index contributed by atoms with van der Waals surface area (Å²) in [5.74, 6) is 0.558. The van der Waals surface area contributed by atoms with Gasteiger partial charge in [0.25, 0.3) is 0 Å². The highest BCUT2D eigenvalue weighted by Gasteiger charge is 2.20. The van der Waals surface area contributed by atoms with E-state index in [1.165, 1.54) is 16.0 Å². The SMILES string of the molecule is C=C(CCC(C)=O)CCC1=C(c2cccs2)CCC(=O)C1. The molecule has 21 heavy (non-hydrogen) atoms. The van der Waals surface area contributed by atoms with Gasteiger partial charge in [-0.05, 0) is 49.6 Å². The van der Waals surface area contributed by atoms with Gasteiger partial charge in [-0.25, -0.2) is 0 Å². The number of rotatable bonds is 7. The van der Waals surface area contributed by atoms with Gasteiger partial charge in [0.1, 0.15) is 11.6 Å². The van der Waals surface area contributed by atoms with Crippen molar-refractivity contribution < 1.29 is 9.59 Å². The molecular formula is C18H22O2S. The maximum atomic E-state index is 11.8. The fourth-order valence-corrected chi connectivity index (χ4v) is 3.52. The molecule has 0 unspecified atom stereocenters. The molecule has 2 rings (SSSR count). The van der Waals surface area contributed by atoms with Crippen LogP contribution in [0.25, 0.3) is 5.57 Å². The van der Waals surface area contributed by atoms with Crippen LogP contribution >= 0.6 is 11.3 Å². The van der Waals surface area contributed by atoms with E-state index in [-0.39, 0.29) is 5.78 Å². The van der Waals surface area contributed by atoms with Crippen molar-refractivity contribution in [3.05, 3.63) is 40.1 Å². The minimum absolute atomic E-state index is 0.211. The molecule has 112 valence electrons. The van der Waals surface area contributed by atoms with Gasteiger partial charge in [-0.3, -0.25) is 4.79 Å². The molecule has 1 aromatic heterocycles. The fourth-order valence-electron chi connectivity index (χ4n) is 2.67. The molecule has 1 aromatic rings. The zero-order valence-corrected chi connectivity index (χ0v) is 13.4. The Morgan fingerprint density at radius 2 is 2.10 bits per heavy atom. The van der Waals surface area contributed by atoms with Crippen LogP contribution in [0.1, 0.15) is 56.7 Å². The van der Waals surface area contributed by atoms with Crippen LogP contribution in [0.3, 0.4) is 0 Å². The topological polar surface area (TPSA) is 34.1 Å². The monoisotopic (exact) mass is 302 g/mol. The van der Waals surface area contributed by atoms with Crippen molar-refractivity contribution in [3.8, 4) is 0 Å². The van der Waals surface area contributed by atoms with Gasteiger partial charge in [-0.15, -0.1) is 11.3 Å². The lowest BCUT2D eigenvalue weighted by Gasteiger charge is -2.19. The van der Waals surface area contributed by atoms with E-state index < -0.39 is 0 Å². The minimum atomic E-state index is 0.211. The molecule has 0 radical (unpaired) electrons. The highest BCUT2D eigenvalue weighted by atomic mass is 32.1. The van der Waals surface area contributed by atoms with Crippen LogP contribution in [0.2, 0.25) is 0 Å². The highest BCUT2D eigenvalue weighted by Crippen LogP contribution is 2.36. The van der Waals surface area contributed by atoms with E-state index >= 15 is 0 Å². The first kappa shape index (κ1) is 15.9. The Morgan fingerprint density at radius 1 is 1.29 bits per heavy atom. The van der Waals surface area contributed by atoms with Crippen molar-refractivity contribution in [1.82, 2.24) is 0 Å². The minimum Gasteiger partial charge on any atom is -0.300 e. The summed E-state index contributed by atoms with van der Waals surface area (Å²) in [5.41, 5.74) is 3.75. The Kier molecular flexibility index (Phi) is 5.68. The van der Waals surface area contributed by atoms with Gasteiger partial charge in [0.2, 0.25) is 0 Å². The Bertz CT molecular complexity index is 564. The molecule has 0 fully saturated rings. The molecular weight excluding hydrogens is 280 g/mol. The second-order valence-corrected chi connectivity index (χ2v) is 6.67. The second kappa shape index (κ2) is 7.51. The highest BCUT2D eigenvalue weighted by molar-refractivity contribution is 7.11. The molecule has 0 spiro atoms. The van der Waals surface area contributed by atoms with Crippen LogP contribution in [-0.4, -0.2) is 11.6 Å². The van der Waals surface area contributed by atoms with Gasteiger partial charge in [0.15, 0.2) is 0 Å². The number of thiophene rings is 1. The van der Waals surface area contributed by atoms with Gasteiger partial charge in [-0.1, -0.05) is 23.8 Å². The van der Waals surface area contributed by atoms with E-state index in [1.54, 1.807) is 18.3 Å². The summed E-state index contributed by atoms with van der Waals surface area (Å²) < 4.78 is 0. The largest absolute Gasteiger partial charge is 0.300 e. The smallest absolute Gasteiger partial charge is 0.137 e. The van der Waals surface area contributed by atoms with E-state index in [2.05, 4.69) is 24.1 Å². The van der Waals surface area contributed by atoms with Gasteiger partial charge >= 0.3 is 0 Å². The maximum absolute atomic E-state index is 11.8. The van der Waals surface area contributed by atoms with Crippen LogP contribution in [0.4, 0.5) is 0 Å². The fraction of sp³-hybridized carbons (Fsp3) is 0.444. The summed E-state index contributed by atoms with van der Waals surface area (Å²) in [4.78, 5) is 24.1. The molecule has 2 nitrogen and oxygen atoms in total. The molecule has 3 heteroatoms. The zero-order chi connectivity index (χ0) is 15.2. The first-order valence-corrected chi connectivity index (χ1v) is 8.37. The first-order chi connectivity index (χ1) is 10.1. The number of allylic oxidation sites excluding steroid dienone is 3. The first-order valence-electron chi connectivity index (χ1n) is 7.49. The lowest BCUT2D eigenvalue weighted by molar-refractivity contribution is -0.118. The molecule has 0 aromatic carbocycles. The van der Waals surface area contributed by atoms with Crippen LogP contribution in [0.15, 0.2) is 35.2 Å². The molecule has 0 saturated heterocycles. The quantitative estimate of drug-likeness (QED) is 0.667. The number of carbonyl (C=O) groups is 2. The Balaban J connectivity index is 2.02. The van der Waals surface area contributed by atoms with Gasteiger partial charge < -0.3 is 4.79 Å². The third kappa shape index (κ3) is 4.78. The Labute approximate surface area is 130 Å². The van der Waals surface area contributed by atoms with Crippen molar-refractivity contribution in [2.24, 2.45) is 0 Å². The molecule has 0 aliphatic heterocycles. The second-order valence-electron chi connectivity index (χ2n) is 5.73. The van der Waals surface area contributed by atoms with Crippen LogP contribution in [0, 0.1) is 0 Å². The number of hydrogen-bond donors (Lipinski definition) is 0. The molecule has 0 saturated carbocycles. The summed E-state index contributed by atoms with van der Waals surface area (Å²) >= 11 is 1.75. The van der Waals surface area contributed by atoms with Crippen molar-refractivity contribution >= 4 is 28.5 Å². The maximum Gasteiger partial charge on any atom is 0.137 e. The molecule has 0 atom stereocenters. The van der Waals surface area contributed by atoms with Crippen molar-refractivity contribution in [3.63, 3.8) is 0 Å². The summed E-state index contributed by atoms with van der Waals surface area (Å²) in [5, 5.41) is 2.09. The zero-order valence-electron chi connectivity index (χ0n) is 12.6. The van der Waals surface area contributed by atoms with E-state index in [0.717, 1.165) is 31.3 Å². The average molecular weight is 302 g/mol. The number of ketones is 2. The Hall–Kier alpha value is -1.48. The van der Waals surface area contributed by atoms with Gasteiger partial charge in [0.05, 0.1) is 0 Å². The predicted octanol–water partition coefficient (Wildman–Crippen LogP) is 4.96. The third-order valence-electron chi connectivity index (χ3n) is 3.92. The molecule has 1 aliphatic rings. The lowest BCUT2D eigenvalue weighted by atomic mass is 9.86. The molecule has 1 aliphatic carbocycles. The normalized spacial score (nSPS) is 15.4. The average Bonchev–Trinajstić information content (AvgIpc) is 2.97. The Morgan fingerprint density at radius 3 is 2.76 bits per heavy atom. The number of Topliss-reactive ketones (excluding diaryl/α,β-unsaturated/α-hetero) is 2. The van der Waals surface area contributed by atoms with Crippen molar-refractivity contribution in [2.75, 3.05) is 0 Å². The van der Waals surface area contributed by atoms with E-state index in [0.29, 0.717) is 25.0 Å². The van der Waals surface area contributed by atoms with Gasteiger partial charge in [0, 0.05) is 24.1 Å². The predicted molar refractivity (Wildman–Crippen MR) is 88.4 cm³/mol. The van der Waals surface area contributed by atoms with E-state index in [9.17, 15) is 9.59 Å². The summed E-state index contributed by atoms with van der Waals surface area (Å²) in [7, 11) is 0. The molecule has 1 heterocycles. The lowest BCUT2D eigenvalue weighted by Crippen LogP contribution is -2.09. The van der Waals surface area contributed by atoms with Gasteiger partial charge in [-0.2, -0.15) is 0 Å². The van der Waals surface area contributed by atoms with Crippen LogP contribution < -0.4 is 0 Å². The van der Waals surface area contributed by atoms with Crippen molar-refractivity contribution in [1.29, 1.82) is 0 Å². The summed E-state index contributed by atoms with van der Waals surface area (Å²) in [6.07, 6.45) is 5.25. The summed E-state index contributed by atoms with van der Waals surface area (Å²) in [6, 6.07) is 4.20. The van der Waals surface area contributed by atoms with E-state index in [1.807, 2.05) is 0 Å². The number of carbonyl (C=O) groups excluding carboxylic acids is 2.